The van der Waals surface area contributed by atoms with E-state index in [1.165, 1.54) is 6.20 Å². The first-order chi connectivity index (χ1) is 10.8. The SMILES string of the molecule is Cc1ccc(N2CC(CNS(=O)(=O)c3cn(C)c(C)n3)C2)nn1. The molecule has 1 N–H and O–H groups in total. The molecule has 0 unspecified atom stereocenters. The molecule has 2 aromatic rings. The van der Waals surface area contributed by atoms with Crippen LogP contribution in [-0.4, -0.2) is 47.8 Å². The van der Waals surface area contributed by atoms with E-state index in [-0.39, 0.29) is 10.9 Å². The van der Waals surface area contributed by atoms with Gasteiger partial charge in [-0.2, -0.15) is 5.10 Å². The highest BCUT2D eigenvalue weighted by Crippen LogP contribution is 2.22. The molecule has 23 heavy (non-hydrogen) atoms. The van der Waals surface area contributed by atoms with Gasteiger partial charge in [-0.3, -0.25) is 0 Å². The Hall–Kier alpha value is -2.00. The van der Waals surface area contributed by atoms with E-state index in [4.69, 9.17) is 0 Å². The fourth-order valence-corrected chi connectivity index (χ4v) is 3.56. The quantitative estimate of drug-likeness (QED) is 0.841. The smallest absolute Gasteiger partial charge is 0.259 e. The summed E-state index contributed by atoms with van der Waals surface area (Å²) in [6.45, 7) is 5.59. The largest absolute Gasteiger partial charge is 0.354 e. The zero-order valence-electron chi connectivity index (χ0n) is 13.4. The lowest BCUT2D eigenvalue weighted by atomic mass is 10.0. The van der Waals surface area contributed by atoms with Crippen molar-refractivity contribution in [2.24, 2.45) is 13.0 Å². The first-order valence-corrected chi connectivity index (χ1v) is 8.88. The molecule has 0 aromatic carbocycles. The van der Waals surface area contributed by atoms with Gasteiger partial charge in [-0.15, -0.1) is 5.10 Å². The summed E-state index contributed by atoms with van der Waals surface area (Å²) < 4.78 is 28.7. The first kappa shape index (κ1) is 15.9. The van der Waals surface area contributed by atoms with Crippen LogP contribution in [-0.2, 0) is 17.1 Å². The zero-order valence-corrected chi connectivity index (χ0v) is 14.2. The molecule has 124 valence electrons. The van der Waals surface area contributed by atoms with Crippen molar-refractivity contribution in [2.45, 2.75) is 18.9 Å². The topological polar surface area (TPSA) is 93.0 Å². The van der Waals surface area contributed by atoms with Gasteiger partial charge in [0.1, 0.15) is 5.82 Å². The van der Waals surface area contributed by atoms with Gasteiger partial charge in [0.15, 0.2) is 10.8 Å². The van der Waals surface area contributed by atoms with E-state index in [1.807, 2.05) is 19.1 Å². The number of nitrogens with zero attached hydrogens (tertiary/aromatic N) is 5. The Balaban J connectivity index is 1.53. The van der Waals surface area contributed by atoms with Crippen LogP contribution in [0.1, 0.15) is 11.5 Å². The van der Waals surface area contributed by atoms with Crippen molar-refractivity contribution in [3.8, 4) is 0 Å². The predicted octanol–water partition coefficient (Wildman–Crippen LogP) is 0.242. The lowest BCUT2D eigenvalue weighted by Crippen LogP contribution is -2.51. The molecule has 1 aliphatic rings. The number of rotatable bonds is 5. The van der Waals surface area contributed by atoms with E-state index in [1.54, 1.807) is 18.5 Å². The van der Waals surface area contributed by atoms with Crippen LogP contribution in [0.5, 0.6) is 0 Å². The molecule has 0 atom stereocenters. The van der Waals surface area contributed by atoms with Gasteiger partial charge in [0, 0.05) is 38.8 Å². The Bertz CT molecular complexity index is 774. The molecule has 0 radical (unpaired) electrons. The first-order valence-electron chi connectivity index (χ1n) is 7.40. The second-order valence-corrected chi connectivity index (χ2v) is 7.61. The Kier molecular flexibility index (Phi) is 4.07. The van der Waals surface area contributed by atoms with E-state index < -0.39 is 10.0 Å². The highest BCUT2D eigenvalue weighted by Gasteiger charge is 2.29. The molecule has 3 rings (SSSR count). The van der Waals surface area contributed by atoms with E-state index in [9.17, 15) is 8.42 Å². The fraction of sp³-hybridized carbons (Fsp3) is 0.500. The maximum absolute atomic E-state index is 12.2. The summed E-state index contributed by atoms with van der Waals surface area (Å²) in [7, 11) is -1.78. The van der Waals surface area contributed by atoms with Crippen LogP contribution in [0.4, 0.5) is 5.82 Å². The van der Waals surface area contributed by atoms with E-state index in [0.29, 0.717) is 12.4 Å². The molecule has 3 heterocycles. The van der Waals surface area contributed by atoms with Crippen LogP contribution in [0, 0.1) is 19.8 Å². The molecule has 0 bridgehead atoms. The van der Waals surface area contributed by atoms with Crippen LogP contribution >= 0.6 is 0 Å². The molecular weight excluding hydrogens is 316 g/mol. The minimum absolute atomic E-state index is 0.0677. The van der Waals surface area contributed by atoms with Crippen LogP contribution in [0.2, 0.25) is 0 Å². The van der Waals surface area contributed by atoms with Crippen molar-refractivity contribution in [2.75, 3.05) is 24.5 Å². The second-order valence-electron chi connectivity index (χ2n) is 5.89. The normalized spacial score (nSPS) is 15.7. The Morgan fingerprint density at radius 3 is 2.57 bits per heavy atom. The Morgan fingerprint density at radius 1 is 1.26 bits per heavy atom. The zero-order chi connectivity index (χ0) is 16.6. The predicted molar refractivity (Wildman–Crippen MR) is 85.6 cm³/mol. The molecule has 0 amide bonds. The summed E-state index contributed by atoms with van der Waals surface area (Å²) in [6.07, 6.45) is 1.52. The second kappa shape index (κ2) is 5.89. The Labute approximate surface area is 135 Å². The summed E-state index contributed by atoms with van der Waals surface area (Å²) in [5.74, 6) is 1.76. The van der Waals surface area contributed by atoms with E-state index in [2.05, 4.69) is 24.8 Å². The van der Waals surface area contributed by atoms with Gasteiger partial charge in [0.05, 0.1) is 5.69 Å². The summed E-state index contributed by atoms with van der Waals surface area (Å²) in [6, 6.07) is 3.85. The molecule has 9 heteroatoms. The number of aromatic nitrogens is 4. The highest BCUT2D eigenvalue weighted by molar-refractivity contribution is 7.89. The molecule has 0 saturated carbocycles. The molecule has 1 aliphatic heterocycles. The van der Waals surface area contributed by atoms with Gasteiger partial charge in [0.2, 0.25) is 0 Å². The van der Waals surface area contributed by atoms with Crippen molar-refractivity contribution in [3.63, 3.8) is 0 Å². The molecule has 0 aliphatic carbocycles. The number of anilines is 1. The molecule has 1 saturated heterocycles. The third kappa shape index (κ3) is 3.35. The standard InChI is InChI=1S/C14H20N6O2S/c1-10-4-5-13(18-17-10)20-7-12(8-20)6-15-23(21,22)14-9-19(3)11(2)16-14/h4-5,9,12,15H,6-8H2,1-3H3. The molecule has 2 aromatic heterocycles. The minimum atomic E-state index is -3.55. The third-order valence-electron chi connectivity index (χ3n) is 3.99. The average Bonchev–Trinajstić information content (AvgIpc) is 2.80. The number of hydrogen-bond donors (Lipinski definition) is 1. The average molecular weight is 336 g/mol. The Morgan fingerprint density at radius 2 is 2.00 bits per heavy atom. The van der Waals surface area contributed by atoms with E-state index in [0.717, 1.165) is 24.6 Å². The van der Waals surface area contributed by atoms with Gasteiger partial charge in [0.25, 0.3) is 10.0 Å². The monoisotopic (exact) mass is 336 g/mol. The summed E-state index contributed by atoms with van der Waals surface area (Å²) in [5, 5.41) is 8.22. The van der Waals surface area contributed by atoms with Crippen molar-refractivity contribution in [1.29, 1.82) is 0 Å². The van der Waals surface area contributed by atoms with Crippen LogP contribution < -0.4 is 9.62 Å². The van der Waals surface area contributed by atoms with Gasteiger partial charge in [-0.1, -0.05) is 0 Å². The lowest BCUT2D eigenvalue weighted by molar-refractivity contribution is 0.402. The summed E-state index contributed by atoms with van der Waals surface area (Å²) in [4.78, 5) is 6.14. The summed E-state index contributed by atoms with van der Waals surface area (Å²) in [5.41, 5.74) is 0.879. The number of sulfonamides is 1. The van der Waals surface area contributed by atoms with Crippen molar-refractivity contribution < 1.29 is 8.42 Å². The van der Waals surface area contributed by atoms with Gasteiger partial charge < -0.3 is 9.47 Å². The lowest BCUT2D eigenvalue weighted by Gasteiger charge is -2.39. The molecule has 8 nitrogen and oxygen atoms in total. The fourth-order valence-electron chi connectivity index (χ4n) is 2.40. The highest BCUT2D eigenvalue weighted by atomic mass is 32.2. The maximum atomic E-state index is 12.2. The summed E-state index contributed by atoms with van der Waals surface area (Å²) >= 11 is 0. The van der Waals surface area contributed by atoms with Crippen molar-refractivity contribution in [3.05, 3.63) is 29.8 Å². The molecule has 1 fully saturated rings. The van der Waals surface area contributed by atoms with Crippen molar-refractivity contribution in [1.82, 2.24) is 24.5 Å². The van der Waals surface area contributed by atoms with Gasteiger partial charge in [-0.05, 0) is 26.0 Å². The van der Waals surface area contributed by atoms with Gasteiger partial charge >= 0.3 is 0 Å². The van der Waals surface area contributed by atoms with Crippen molar-refractivity contribution >= 4 is 15.8 Å². The maximum Gasteiger partial charge on any atom is 0.259 e. The van der Waals surface area contributed by atoms with Crippen LogP contribution in [0.25, 0.3) is 0 Å². The number of aryl methyl sites for hydroxylation is 3. The van der Waals surface area contributed by atoms with Gasteiger partial charge in [-0.25, -0.2) is 18.1 Å². The number of hydrogen-bond acceptors (Lipinski definition) is 6. The third-order valence-corrected chi connectivity index (χ3v) is 5.28. The van der Waals surface area contributed by atoms with E-state index >= 15 is 0 Å². The van der Waals surface area contributed by atoms with Crippen LogP contribution in [0.3, 0.4) is 0 Å². The molecular formula is C14H20N6O2S. The molecule has 0 spiro atoms. The number of imidazole rings is 1. The minimum Gasteiger partial charge on any atom is -0.354 e. The number of nitrogens with one attached hydrogen (secondary N) is 1. The van der Waals surface area contributed by atoms with Crippen LogP contribution in [0.15, 0.2) is 23.4 Å².